The van der Waals surface area contributed by atoms with E-state index < -0.39 is 0 Å². The minimum absolute atomic E-state index is 0.180. The van der Waals surface area contributed by atoms with E-state index in [1.165, 1.54) is 11.3 Å². The molecule has 0 saturated heterocycles. The largest absolute Gasteiger partial charge is 0.372 e. The standard InChI is InChI=1S/C17H26N2/c1-5-19(16-10-8-9-15(2)13-16)12-7-6-11-17(3,4)14-18/h8-10,13H,5-7,11-12H2,1-4H3. The first kappa shape index (κ1) is 15.6. The molecular formula is C17H26N2. The summed E-state index contributed by atoms with van der Waals surface area (Å²) in [7, 11) is 0. The minimum atomic E-state index is -0.180. The Kier molecular flexibility index (Phi) is 5.89. The molecule has 19 heavy (non-hydrogen) atoms. The number of nitrogens with zero attached hydrogens (tertiary/aromatic N) is 2. The van der Waals surface area contributed by atoms with Gasteiger partial charge in [0.15, 0.2) is 0 Å². The summed E-state index contributed by atoms with van der Waals surface area (Å²) in [6.07, 6.45) is 3.24. The molecule has 0 atom stereocenters. The third-order valence-electron chi connectivity index (χ3n) is 3.53. The van der Waals surface area contributed by atoms with Gasteiger partial charge in [0.05, 0.1) is 11.5 Å². The number of nitriles is 1. The van der Waals surface area contributed by atoms with Crippen molar-refractivity contribution < 1.29 is 0 Å². The smallest absolute Gasteiger partial charge is 0.0683 e. The average molecular weight is 258 g/mol. The number of anilines is 1. The molecule has 0 radical (unpaired) electrons. The fourth-order valence-corrected chi connectivity index (χ4v) is 2.22. The SMILES string of the molecule is CCN(CCCCC(C)(C)C#N)c1cccc(C)c1. The van der Waals surface area contributed by atoms with Gasteiger partial charge in [-0.3, -0.25) is 0 Å². The maximum absolute atomic E-state index is 9.00. The van der Waals surface area contributed by atoms with Crippen molar-refractivity contribution in [2.75, 3.05) is 18.0 Å². The van der Waals surface area contributed by atoms with Crippen LogP contribution in [0.2, 0.25) is 0 Å². The van der Waals surface area contributed by atoms with Gasteiger partial charge in [-0.25, -0.2) is 0 Å². The maximum Gasteiger partial charge on any atom is 0.0683 e. The van der Waals surface area contributed by atoms with Gasteiger partial charge in [0.1, 0.15) is 0 Å². The molecule has 1 aromatic carbocycles. The molecule has 104 valence electrons. The molecule has 0 aliphatic rings. The Hall–Kier alpha value is -1.49. The summed E-state index contributed by atoms with van der Waals surface area (Å²) < 4.78 is 0. The Morgan fingerprint density at radius 3 is 2.58 bits per heavy atom. The van der Waals surface area contributed by atoms with E-state index in [0.717, 1.165) is 32.4 Å². The lowest BCUT2D eigenvalue weighted by Crippen LogP contribution is -2.24. The summed E-state index contributed by atoms with van der Waals surface area (Å²) in [5, 5.41) is 9.00. The van der Waals surface area contributed by atoms with E-state index in [9.17, 15) is 0 Å². The topological polar surface area (TPSA) is 27.0 Å². The summed E-state index contributed by atoms with van der Waals surface area (Å²) in [5.41, 5.74) is 2.43. The number of rotatable bonds is 7. The third kappa shape index (κ3) is 5.34. The molecule has 0 bridgehead atoms. The van der Waals surface area contributed by atoms with Gasteiger partial charge in [-0.15, -0.1) is 0 Å². The molecule has 2 heteroatoms. The summed E-state index contributed by atoms with van der Waals surface area (Å²) in [4.78, 5) is 2.41. The summed E-state index contributed by atoms with van der Waals surface area (Å²) in [6, 6.07) is 11.0. The van der Waals surface area contributed by atoms with Crippen LogP contribution in [0.4, 0.5) is 5.69 Å². The van der Waals surface area contributed by atoms with Crippen molar-refractivity contribution in [2.24, 2.45) is 5.41 Å². The molecule has 0 spiro atoms. The molecule has 2 nitrogen and oxygen atoms in total. The van der Waals surface area contributed by atoms with Crippen LogP contribution < -0.4 is 4.90 Å². The summed E-state index contributed by atoms with van der Waals surface area (Å²) in [5.74, 6) is 0. The van der Waals surface area contributed by atoms with E-state index in [2.05, 4.69) is 49.1 Å². The second kappa shape index (κ2) is 7.19. The van der Waals surface area contributed by atoms with Crippen LogP contribution in [0.25, 0.3) is 0 Å². The second-order valence-electron chi connectivity index (χ2n) is 5.87. The van der Waals surface area contributed by atoms with Gasteiger partial charge < -0.3 is 4.90 Å². The molecule has 0 aromatic heterocycles. The fraction of sp³-hybridized carbons (Fsp3) is 0.588. The van der Waals surface area contributed by atoms with Crippen molar-refractivity contribution in [3.8, 4) is 6.07 Å². The highest BCUT2D eigenvalue weighted by molar-refractivity contribution is 5.48. The molecule has 0 heterocycles. The molecule has 1 rings (SSSR count). The molecule has 0 aliphatic heterocycles. The average Bonchev–Trinajstić information content (AvgIpc) is 2.39. The number of benzene rings is 1. The van der Waals surface area contributed by atoms with Crippen LogP contribution in [0.3, 0.4) is 0 Å². The van der Waals surface area contributed by atoms with Crippen LogP contribution in [0.5, 0.6) is 0 Å². The van der Waals surface area contributed by atoms with Crippen molar-refractivity contribution in [1.29, 1.82) is 5.26 Å². The van der Waals surface area contributed by atoms with Crippen LogP contribution in [0, 0.1) is 23.7 Å². The Morgan fingerprint density at radius 2 is 2.00 bits per heavy atom. The zero-order valence-corrected chi connectivity index (χ0v) is 12.7. The van der Waals surface area contributed by atoms with Crippen molar-refractivity contribution in [3.63, 3.8) is 0 Å². The number of unbranched alkanes of at least 4 members (excludes halogenated alkanes) is 1. The molecule has 0 aliphatic carbocycles. The van der Waals surface area contributed by atoms with Gasteiger partial charge in [0.2, 0.25) is 0 Å². The first-order valence-electron chi connectivity index (χ1n) is 7.21. The molecule has 0 amide bonds. The zero-order valence-electron chi connectivity index (χ0n) is 12.7. The van der Waals surface area contributed by atoms with E-state index in [0.29, 0.717) is 0 Å². The lowest BCUT2D eigenvalue weighted by Gasteiger charge is -2.24. The summed E-state index contributed by atoms with van der Waals surface area (Å²) >= 11 is 0. The van der Waals surface area contributed by atoms with Crippen molar-refractivity contribution >= 4 is 5.69 Å². The molecular weight excluding hydrogens is 232 g/mol. The monoisotopic (exact) mass is 258 g/mol. The Labute approximate surface area is 118 Å². The Balaban J connectivity index is 2.44. The van der Waals surface area contributed by atoms with Crippen molar-refractivity contribution in [2.45, 2.75) is 47.0 Å². The highest BCUT2D eigenvalue weighted by atomic mass is 15.1. The molecule has 0 N–H and O–H groups in total. The van der Waals surface area contributed by atoms with Gasteiger partial charge in [-0.05, 0) is 58.2 Å². The van der Waals surface area contributed by atoms with E-state index in [4.69, 9.17) is 5.26 Å². The predicted molar refractivity (Wildman–Crippen MR) is 82.3 cm³/mol. The molecule has 0 saturated carbocycles. The molecule has 0 unspecified atom stereocenters. The maximum atomic E-state index is 9.00. The van der Waals surface area contributed by atoms with Crippen LogP contribution in [-0.2, 0) is 0 Å². The molecule has 1 aromatic rings. The Morgan fingerprint density at radius 1 is 1.26 bits per heavy atom. The quantitative estimate of drug-likeness (QED) is 0.671. The number of hydrogen-bond acceptors (Lipinski definition) is 2. The highest BCUT2D eigenvalue weighted by Crippen LogP contribution is 2.22. The van der Waals surface area contributed by atoms with E-state index in [1.54, 1.807) is 0 Å². The van der Waals surface area contributed by atoms with Gasteiger partial charge in [0, 0.05) is 18.8 Å². The van der Waals surface area contributed by atoms with Crippen LogP contribution in [-0.4, -0.2) is 13.1 Å². The van der Waals surface area contributed by atoms with Crippen LogP contribution in [0.1, 0.15) is 45.6 Å². The lowest BCUT2D eigenvalue weighted by molar-refractivity contribution is 0.427. The fourth-order valence-electron chi connectivity index (χ4n) is 2.22. The van der Waals surface area contributed by atoms with Crippen molar-refractivity contribution in [1.82, 2.24) is 0 Å². The zero-order chi connectivity index (χ0) is 14.3. The van der Waals surface area contributed by atoms with E-state index in [1.807, 2.05) is 13.8 Å². The van der Waals surface area contributed by atoms with Crippen molar-refractivity contribution in [3.05, 3.63) is 29.8 Å². The highest BCUT2D eigenvalue weighted by Gasteiger charge is 2.15. The third-order valence-corrected chi connectivity index (χ3v) is 3.53. The Bertz CT molecular complexity index is 429. The van der Waals surface area contributed by atoms with Crippen LogP contribution >= 0.6 is 0 Å². The van der Waals surface area contributed by atoms with E-state index in [-0.39, 0.29) is 5.41 Å². The van der Waals surface area contributed by atoms with Gasteiger partial charge in [0.25, 0.3) is 0 Å². The number of hydrogen-bond donors (Lipinski definition) is 0. The van der Waals surface area contributed by atoms with E-state index >= 15 is 0 Å². The predicted octanol–water partition coefficient (Wildman–Crippen LogP) is 4.54. The van der Waals surface area contributed by atoms with Gasteiger partial charge in [-0.1, -0.05) is 18.6 Å². The lowest BCUT2D eigenvalue weighted by atomic mass is 9.89. The van der Waals surface area contributed by atoms with Gasteiger partial charge >= 0.3 is 0 Å². The second-order valence-corrected chi connectivity index (χ2v) is 5.87. The first-order chi connectivity index (χ1) is 8.98. The minimum Gasteiger partial charge on any atom is -0.372 e. The van der Waals surface area contributed by atoms with Crippen LogP contribution in [0.15, 0.2) is 24.3 Å². The summed E-state index contributed by atoms with van der Waals surface area (Å²) in [6.45, 7) is 10.5. The number of aryl methyl sites for hydroxylation is 1. The first-order valence-corrected chi connectivity index (χ1v) is 7.21. The molecule has 0 fully saturated rings. The normalized spacial score (nSPS) is 11.1. The van der Waals surface area contributed by atoms with Gasteiger partial charge in [-0.2, -0.15) is 5.26 Å².